The van der Waals surface area contributed by atoms with Gasteiger partial charge in [-0.3, -0.25) is 0 Å². The molecule has 2 N–H and O–H groups in total. The van der Waals surface area contributed by atoms with Crippen LogP contribution in [0.2, 0.25) is 0 Å². The molecule has 2 aliphatic heterocycles. The predicted molar refractivity (Wildman–Crippen MR) is 51.9 cm³/mol. The normalized spacial score (nSPS) is 53.4. The summed E-state index contributed by atoms with van der Waals surface area (Å²) >= 11 is 0. The first-order valence-electron chi connectivity index (χ1n) is 5.29. The van der Waals surface area contributed by atoms with E-state index in [4.69, 9.17) is 0 Å². The first kappa shape index (κ1) is 7.97. The Morgan fingerprint density at radius 1 is 1.46 bits per heavy atom. The fourth-order valence-electron chi connectivity index (χ4n) is 2.90. The van der Waals surface area contributed by atoms with Gasteiger partial charge in [-0.15, -0.1) is 6.58 Å². The summed E-state index contributed by atoms with van der Waals surface area (Å²) in [5, 5.41) is 6.07. The number of hydrogen-bond donors (Lipinski definition) is 2. The Morgan fingerprint density at radius 2 is 2.38 bits per heavy atom. The second-order valence-electron chi connectivity index (χ2n) is 4.45. The molecule has 0 radical (unpaired) electrons. The summed E-state index contributed by atoms with van der Waals surface area (Å²) in [4.78, 5) is 0. The lowest BCUT2D eigenvalue weighted by Crippen LogP contribution is -2.57. The quantitative estimate of drug-likeness (QED) is 0.457. The molecular formula is C10H17N3. The average molecular weight is 179 g/mol. The highest BCUT2D eigenvalue weighted by atomic mass is 15.8. The molecule has 3 rings (SSSR count). The summed E-state index contributed by atoms with van der Waals surface area (Å²) in [5.74, 6) is 0. The SMILES string of the molecule is C=CC1CN2NC23CCCCC3N1. The number of hydrazine groups is 1. The molecule has 2 heterocycles. The molecule has 72 valence electrons. The van der Waals surface area contributed by atoms with Crippen LogP contribution in [0.4, 0.5) is 0 Å². The van der Waals surface area contributed by atoms with Gasteiger partial charge in [0.25, 0.3) is 0 Å². The number of hydrogen-bond acceptors (Lipinski definition) is 3. The molecule has 1 spiro atoms. The van der Waals surface area contributed by atoms with Crippen molar-refractivity contribution in [2.24, 2.45) is 0 Å². The third-order valence-corrected chi connectivity index (χ3v) is 3.72. The van der Waals surface area contributed by atoms with Crippen LogP contribution in [0.1, 0.15) is 25.7 Å². The molecule has 1 aliphatic carbocycles. The molecular weight excluding hydrogens is 162 g/mol. The Balaban J connectivity index is 1.80. The van der Waals surface area contributed by atoms with Crippen molar-refractivity contribution in [1.82, 2.24) is 15.8 Å². The van der Waals surface area contributed by atoms with Crippen molar-refractivity contribution in [3.63, 3.8) is 0 Å². The maximum absolute atomic E-state index is 3.86. The van der Waals surface area contributed by atoms with Gasteiger partial charge in [0.05, 0.1) is 0 Å². The van der Waals surface area contributed by atoms with Crippen LogP contribution in [0.25, 0.3) is 0 Å². The van der Waals surface area contributed by atoms with E-state index in [1.54, 1.807) is 0 Å². The zero-order valence-corrected chi connectivity index (χ0v) is 7.92. The van der Waals surface area contributed by atoms with Crippen molar-refractivity contribution in [3.05, 3.63) is 12.7 Å². The second-order valence-corrected chi connectivity index (χ2v) is 4.45. The fourth-order valence-corrected chi connectivity index (χ4v) is 2.90. The lowest BCUT2D eigenvalue weighted by Gasteiger charge is -2.37. The highest BCUT2D eigenvalue weighted by Gasteiger charge is 2.60. The van der Waals surface area contributed by atoms with Crippen molar-refractivity contribution < 1.29 is 0 Å². The van der Waals surface area contributed by atoms with Crippen molar-refractivity contribution in [3.8, 4) is 0 Å². The molecule has 0 amide bonds. The van der Waals surface area contributed by atoms with E-state index in [0.717, 1.165) is 6.54 Å². The minimum absolute atomic E-state index is 0.345. The molecule has 13 heavy (non-hydrogen) atoms. The predicted octanol–water partition coefficient (Wildman–Crippen LogP) is 0.603. The average Bonchev–Trinajstić information content (AvgIpc) is 2.87. The third-order valence-electron chi connectivity index (χ3n) is 3.72. The van der Waals surface area contributed by atoms with E-state index < -0.39 is 0 Å². The van der Waals surface area contributed by atoms with E-state index in [-0.39, 0.29) is 0 Å². The smallest absolute Gasteiger partial charge is 0.113 e. The Morgan fingerprint density at radius 3 is 3.23 bits per heavy atom. The molecule has 0 aromatic carbocycles. The first-order valence-corrected chi connectivity index (χ1v) is 5.29. The minimum atomic E-state index is 0.345. The largest absolute Gasteiger partial charge is 0.303 e. The molecule has 0 aromatic rings. The molecule has 1 saturated carbocycles. The highest BCUT2D eigenvalue weighted by Crippen LogP contribution is 2.42. The van der Waals surface area contributed by atoms with Crippen LogP contribution < -0.4 is 10.7 Å². The van der Waals surface area contributed by atoms with E-state index in [9.17, 15) is 0 Å². The number of piperazine rings is 1. The number of rotatable bonds is 1. The fraction of sp³-hybridized carbons (Fsp3) is 0.800. The van der Waals surface area contributed by atoms with Gasteiger partial charge in [-0.25, -0.2) is 10.4 Å². The zero-order valence-electron chi connectivity index (χ0n) is 7.92. The lowest BCUT2D eigenvalue weighted by atomic mass is 9.85. The zero-order chi connectivity index (χ0) is 8.89. The lowest BCUT2D eigenvalue weighted by molar-refractivity contribution is 0.181. The summed E-state index contributed by atoms with van der Waals surface area (Å²) < 4.78 is 0. The Labute approximate surface area is 79.1 Å². The van der Waals surface area contributed by atoms with Gasteiger partial charge in [-0.2, -0.15) is 0 Å². The summed E-state index contributed by atoms with van der Waals surface area (Å²) in [6.45, 7) is 4.94. The maximum atomic E-state index is 3.86. The Kier molecular flexibility index (Phi) is 1.57. The minimum Gasteiger partial charge on any atom is -0.303 e. The van der Waals surface area contributed by atoms with Gasteiger partial charge in [-0.1, -0.05) is 18.9 Å². The summed E-state index contributed by atoms with van der Waals surface area (Å²) in [7, 11) is 0. The molecule has 3 fully saturated rings. The van der Waals surface area contributed by atoms with Gasteiger partial charge in [0.15, 0.2) is 0 Å². The van der Waals surface area contributed by atoms with Crippen LogP contribution >= 0.6 is 0 Å². The van der Waals surface area contributed by atoms with Crippen molar-refractivity contribution >= 4 is 0 Å². The van der Waals surface area contributed by atoms with E-state index in [1.807, 2.05) is 6.08 Å². The van der Waals surface area contributed by atoms with Crippen molar-refractivity contribution in [2.75, 3.05) is 6.54 Å². The maximum Gasteiger partial charge on any atom is 0.113 e. The van der Waals surface area contributed by atoms with Gasteiger partial charge in [-0.05, 0) is 12.8 Å². The Bertz CT molecular complexity index is 240. The molecule has 4 unspecified atom stereocenters. The van der Waals surface area contributed by atoms with Crippen LogP contribution in [-0.2, 0) is 0 Å². The second kappa shape index (κ2) is 2.56. The molecule has 3 heteroatoms. The molecule has 2 saturated heterocycles. The van der Waals surface area contributed by atoms with Gasteiger partial charge >= 0.3 is 0 Å². The number of nitrogens with one attached hydrogen (secondary N) is 2. The van der Waals surface area contributed by atoms with Gasteiger partial charge in [0.2, 0.25) is 0 Å². The molecule has 3 nitrogen and oxygen atoms in total. The van der Waals surface area contributed by atoms with Gasteiger partial charge in [0.1, 0.15) is 5.66 Å². The summed E-state index contributed by atoms with van der Waals surface area (Å²) in [6, 6.07) is 1.13. The molecule has 4 atom stereocenters. The summed E-state index contributed by atoms with van der Waals surface area (Å²) in [5.41, 5.74) is 3.88. The van der Waals surface area contributed by atoms with Crippen LogP contribution in [0.15, 0.2) is 12.7 Å². The van der Waals surface area contributed by atoms with E-state index >= 15 is 0 Å². The van der Waals surface area contributed by atoms with Gasteiger partial charge in [0, 0.05) is 18.6 Å². The standard InChI is InChI=1S/C10H17N3/c1-2-8-7-13-10(12-13)6-4-3-5-9(10)11-8/h2,8-9,11-12H,1,3-7H2. The molecule has 3 aliphatic rings. The van der Waals surface area contributed by atoms with Crippen LogP contribution in [-0.4, -0.2) is 29.3 Å². The summed E-state index contributed by atoms with van der Waals surface area (Å²) in [6.07, 6.45) is 7.40. The van der Waals surface area contributed by atoms with E-state index in [2.05, 4.69) is 22.3 Å². The first-order chi connectivity index (χ1) is 6.35. The number of nitrogens with zero attached hydrogens (tertiary/aromatic N) is 1. The van der Waals surface area contributed by atoms with Crippen LogP contribution in [0, 0.1) is 0 Å². The monoisotopic (exact) mass is 179 g/mol. The van der Waals surface area contributed by atoms with Crippen molar-refractivity contribution in [1.29, 1.82) is 0 Å². The third kappa shape index (κ3) is 1.01. The van der Waals surface area contributed by atoms with Crippen LogP contribution in [0.5, 0.6) is 0 Å². The Hall–Kier alpha value is -0.380. The molecule has 0 aromatic heterocycles. The molecule has 0 bridgehead atoms. The highest BCUT2D eigenvalue weighted by molar-refractivity contribution is 5.15. The van der Waals surface area contributed by atoms with Crippen LogP contribution in [0.3, 0.4) is 0 Å². The van der Waals surface area contributed by atoms with E-state index in [0.29, 0.717) is 17.7 Å². The van der Waals surface area contributed by atoms with Gasteiger partial charge < -0.3 is 5.32 Å². The topological polar surface area (TPSA) is 37.0 Å². The van der Waals surface area contributed by atoms with E-state index in [1.165, 1.54) is 25.7 Å². The van der Waals surface area contributed by atoms with Crippen molar-refractivity contribution in [2.45, 2.75) is 43.4 Å².